The van der Waals surface area contributed by atoms with Crippen LogP contribution in [-0.4, -0.2) is 0 Å². The van der Waals surface area contributed by atoms with Gasteiger partial charge in [0.05, 0.1) is 0 Å². The minimum atomic E-state index is 0.454. The molecule has 0 saturated carbocycles. The summed E-state index contributed by atoms with van der Waals surface area (Å²) in [6.45, 7) is 9.31. The van der Waals surface area contributed by atoms with Crippen molar-refractivity contribution < 1.29 is 0 Å². The van der Waals surface area contributed by atoms with E-state index in [0.29, 0.717) is 5.41 Å². The van der Waals surface area contributed by atoms with Crippen LogP contribution in [0.15, 0.2) is 0 Å². The van der Waals surface area contributed by atoms with Crippen molar-refractivity contribution in [3.63, 3.8) is 0 Å². The molecule has 0 spiro atoms. The summed E-state index contributed by atoms with van der Waals surface area (Å²) < 4.78 is 0. The fourth-order valence-electron chi connectivity index (χ4n) is 3.15. The van der Waals surface area contributed by atoms with Crippen LogP contribution in [0.4, 0.5) is 0 Å². The number of rotatable bonds is 18. The molecule has 0 aromatic rings. The van der Waals surface area contributed by atoms with Gasteiger partial charge in [0.1, 0.15) is 0 Å². The van der Waals surface area contributed by atoms with Gasteiger partial charge in [-0.3, -0.25) is 0 Å². The molecule has 0 fully saturated rings. The summed E-state index contributed by atoms with van der Waals surface area (Å²) in [5.41, 5.74) is 0.454. The minimum Gasteiger partial charge on any atom is -0.0654 e. The Morgan fingerprint density at radius 2 is 0.870 bits per heavy atom. The zero-order chi connectivity index (χ0) is 17.2. The highest BCUT2D eigenvalue weighted by Gasteiger charge is 2.13. The summed E-state index contributed by atoms with van der Waals surface area (Å²) in [4.78, 5) is 0. The Kier molecular flexibility index (Phi) is 16.8. The quantitative estimate of drug-likeness (QED) is 0.221. The van der Waals surface area contributed by atoms with E-state index in [-0.39, 0.29) is 0 Å². The average Bonchev–Trinajstić information content (AvgIpc) is 2.54. The van der Waals surface area contributed by atoms with E-state index in [1.165, 1.54) is 109 Å². The third-order valence-electron chi connectivity index (χ3n) is 5.42. The highest BCUT2D eigenvalue weighted by Crippen LogP contribution is 2.26. The summed E-state index contributed by atoms with van der Waals surface area (Å²) in [6.07, 6.45) is 27.0. The van der Waals surface area contributed by atoms with Gasteiger partial charge in [0.25, 0.3) is 0 Å². The first-order chi connectivity index (χ1) is 11.1. The zero-order valence-electron chi connectivity index (χ0n) is 17.1. The van der Waals surface area contributed by atoms with Crippen LogP contribution in [0.2, 0.25) is 0 Å². The lowest BCUT2D eigenvalue weighted by Crippen LogP contribution is -2.09. The van der Waals surface area contributed by atoms with Crippen LogP contribution in [-0.2, 0) is 0 Å². The zero-order valence-corrected chi connectivity index (χ0v) is 17.1. The molecule has 0 aliphatic heterocycles. The standard InChI is InChI=1S/C23H47/c1-5-7-8-9-10-11-12-13-14-15-16-17-18-19-20-21-22-23(3,4)6-2/h22H,5-21H2,1-4H3. The molecule has 0 heteroatoms. The summed E-state index contributed by atoms with van der Waals surface area (Å²) >= 11 is 0. The van der Waals surface area contributed by atoms with E-state index in [2.05, 4.69) is 34.1 Å². The molecule has 0 aliphatic rings. The predicted molar refractivity (Wildman–Crippen MR) is 108 cm³/mol. The van der Waals surface area contributed by atoms with Crippen molar-refractivity contribution >= 4 is 0 Å². The molecule has 23 heavy (non-hydrogen) atoms. The summed E-state index contributed by atoms with van der Waals surface area (Å²) in [7, 11) is 0. The minimum absolute atomic E-state index is 0.454. The van der Waals surface area contributed by atoms with Crippen LogP contribution in [0.1, 0.15) is 137 Å². The van der Waals surface area contributed by atoms with E-state index in [1.807, 2.05) is 0 Å². The molecule has 0 saturated heterocycles. The average molecular weight is 324 g/mol. The fourth-order valence-corrected chi connectivity index (χ4v) is 3.15. The van der Waals surface area contributed by atoms with Gasteiger partial charge in [0, 0.05) is 0 Å². The molecule has 139 valence electrons. The predicted octanol–water partition coefficient (Wildman–Crippen LogP) is 8.89. The maximum atomic E-state index is 2.54. The van der Waals surface area contributed by atoms with E-state index in [4.69, 9.17) is 0 Å². The van der Waals surface area contributed by atoms with E-state index in [0.717, 1.165) is 0 Å². The fraction of sp³-hybridized carbons (Fsp3) is 0.957. The van der Waals surface area contributed by atoms with Gasteiger partial charge in [0.2, 0.25) is 0 Å². The maximum absolute atomic E-state index is 2.54. The van der Waals surface area contributed by atoms with Crippen molar-refractivity contribution in [2.24, 2.45) is 5.41 Å². The highest BCUT2D eigenvalue weighted by atomic mass is 14.2. The Morgan fingerprint density at radius 1 is 0.522 bits per heavy atom. The van der Waals surface area contributed by atoms with Gasteiger partial charge in [-0.1, -0.05) is 130 Å². The third-order valence-corrected chi connectivity index (χ3v) is 5.42. The Morgan fingerprint density at radius 3 is 1.22 bits per heavy atom. The molecule has 0 heterocycles. The Bertz CT molecular complexity index is 216. The number of hydrogen-bond donors (Lipinski definition) is 0. The Hall–Kier alpha value is 0. The molecule has 0 aromatic heterocycles. The van der Waals surface area contributed by atoms with Crippen molar-refractivity contribution in [3.05, 3.63) is 6.42 Å². The normalized spacial score (nSPS) is 12.0. The SMILES string of the molecule is CCCCCCCCCCCCCCCCC[CH]C(C)(C)CC. The first kappa shape index (κ1) is 23.0. The summed E-state index contributed by atoms with van der Waals surface area (Å²) in [5.74, 6) is 0. The van der Waals surface area contributed by atoms with Gasteiger partial charge in [-0.25, -0.2) is 0 Å². The molecule has 0 unspecified atom stereocenters. The molecule has 0 nitrogen and oxygen atoms in total. The van der Waals surface area contributed by atoms with Gasteiger partial charge in [-0.05, 0) is 18.3 Å². The van der Waals surface area contributed by atoms with Gasteiger partial charge in [-0.2, -0.15) is 0 Å². The molecule has 0 aromatic carbocycles. The molecular weight excluding hydrogens is 276 g/mol. The largest absolute Gasteiger partial charge is 0.0654 e. The first-order valence-corrected chi connectivity index (χ1v) is 11.0. The number of hydrogen-bond acceptors (Lipinski definition) is 0. The van der Waals surface area contributed by atoms with Crippen molar-refractivity contribution in [1.82, 2.24) is 0 Å². The molecule has 0 amide bonds. The van der Waals surface area contributed by atoms with Crippen molar-refractivity contribution in [1.29, 1.82) is 0 Å². The summed E-state index contributed by atoms with van der Waals surface area (Å²) in [5, 5.41) is 0. The molecule has 0 aliphatic carbocycles. The van der Waals surface area contributed by atoms with Crippen LogP contribution in [0.25, 0.3) is 0 Å². The van der Waals surface area contributed by atoms with Gasteiger partial charge in [0.15, 0.2) is 0 Å². The second kappa shape index (κ2) is 16.8. The molecule has 0 bridgehead atoms. The van der Waals surface area contributed by atoms with Gasteiger partial charge >= 0.3 is 0 Å². The van der Waals surface area contributed by atoms with Crippen LogP contribution in [0, 0.1) is 11.8 Å². The molecule has 1 radical (unpaired) electrons. The van der Waals surface area contributed by atoms with Crippen molar-refractivity contribution in [3.8, 4) is 0 Å². The lowest BCUT2D eigenvalue weighted by Gasteiger charge is -2.21. The van der Waals surface area contributed by atoms with Crippen molar-refractivity contribution in [2.45, 2.75) is 137 Å². The smallest absolute Gasteiger partial charge is 0.0326 e. The van der Waals surface area contributed by atoms with E-state index < -0.39 is 0 Å². The Balaban J connectivity index is 3.05. The van der Waals surface area contributed by atoms with E-state index in [9.17, 15) is 0 Å². The van der Waals surface area contributed by atoms with E-state index >= 15 is 0 Å². The van der Waals surface area contributed by atoms with Gasteiger partial charge in [-0.15, -0.1) is 0 Å². The molecule has 0 N–H and O–H groups in total. The van der Waals surface area contributed by atoms with E-state index in [1.54, 1.807) is 0 Å². The maximum Gasteiger partial charge on any atom is -0.0326 e. The van der Waals surface area contributed by atoms with Gasteiger partial charge < -0.3 is 0 Å². The lowest BCUT2D eigenvalue weighted by atomic mass is 9.84. The number of unbranched alkanes of at least 4 members (excludes halogenated alkanes) is 15. The van der Waals surface area contributed by atoms with Crippen LogP contribution < -0.4 is 0 Å². The van der Waals surface area contributed by atoms with Crippen molar-refractivity contribution in [2.75, 3.05) is 0 Å². The second-order valence-corrected chi connectivity index (χ2v) is 8.28. The molecular formula is C23H47. The first-order valence-electron chi connectivity index (χ1n) is 11.0. The topological polar surface area (TPSA) is 0 Å². The lowest BCUT2D eigenvalue weighted by molar-refractivity contribution is 0.399. The third kappa shape index (κ3) is 18.2. The monoisotopic (exact) mass is 323 g/mol. The van der Waals surface area contributed by atoms with Crippen LogP contribution in [0.5, 0.6) is 0 Å². The second-order valence-electron chi connectivity index (χ2n) is 8.28. The summed E-state index contributed by atoms with van der Waals surface area (Å²) in [6, 6.07) is 0. The Labute approximate surface area is 149 Å². The van der Waals surface area contributed by atoms with Crippen LogP contribution in [0.3, 0.4) is 0 Å². The highest BCUT2D eigenvalue weighted by molar-refractivity contribution is 4.83. The van der Waals surface area contributed by atoms with Crippen LogP contribution >= 0.6 is 0 Å². The molecule has 0 rings (SSSR count). The molecule has 0 atom stereocenters.